The number of unbranched alkanes of at least 4 members (excludes halogenated alkanes) is 3. The Morgan fingerprint density at radius 3 is 1.45 bits per heavy atom. The van der Waals surface area contributed by atoms with Crippen LogP contribution in [-0.2, 0) is 4.79 Å². The normalized spacial score (nSPS) is 8.27. The first-order valence-corrected chi connectivity index (χ1v) is 4.47. The summed E-state index contributed by atoms with van der Waals surface area (Å²) in [5, 5.41) is 0. The van der Waals surface area contributed by atoms with Gasteiger partial charge < -0.3 is 5.73 Å². The monoisotopic (exact) mass is 159 g/mol. The topological polar surface area (TPSA) is 43.1 Å². The van der Waals surface area contributed by atoms with Crippen molar-refractivity contribution in [2.75, 3.05) is 0 Å². The Balaban J connectivity index is 0. The summed E-state index contributed by atoms with van der Waals surface area (Å²) in [6.45, 7) is 6.19. The van der Waals surface area contributed by atoms with Crippen molar-refractivity contribution in [2.24, 2.45) is 5.73 Å². The van der Waals surface area contributed by atoms with Gasteiger partial charge in [0.05, 0.1) is 0 Å². The van der Waals surface area contributed by atoms with Crippen molar-refractivity contribution in [3.05, 3.63) is 0 Å². The van der Waals surface area contributed by atoms with Crippen LogP contribution in [0.15, 0.2) is 0 Å². The molecule has 0 saturated carbocycles. The van der Waals surface area contributed by atoms with Gasteiger partial charge in [-0.25, -0.2) is 0 Å². The molecule has 0 aliphatic heterocycles. The molecule has 0 bridgehead atoms. The van der Waals surface area contributed by atoms with Gasteiger partial charge in [-0.1, -0.05) is 46.5 Å². The predicted octanol–water partition coefficient (Wildman–Crippen LogP) is 2.47. The van der Waals surface area contributed by atoms with Crippen LogP contribution in [-0.4, -0.2) is 5.91 Å². The van der Waals surface area contributed by atoms with Gasteiger partial charge in [-0.3, -0.25) is 4.79 Å². The minimum absolute atomic E-state index is 0.245. The van der Waals surface area contributed by atoms with E-state index < -0.39 is 0 Å². The van der Waals surface area contributed by atoms with Crippen LogP contribution >= 0.6 is 0 Å². The Bertz CT molecular complexity index is 77.6. The van der Waals surface area contributed by atoms with Gasteiger partial charge in [-0.05, 0) is 0 Å². The SMILES string of the molecule is CCC(N)=O.CCCCCC. The van der Waals surface area contributed by atoms with Gasteiger partial charge in [0.25, 0.3) is 0 Å². The standard InChI is InChI=1S/C6H14.C3H7NO/c1-3-5-6-4-2;1-2-3(4)5/h3-6H2,1-2H3;2H2,1H3,(H2,4,5). The minimum atomic E-state index is -0.245. The molecule has 11 heavy (non-hydrogen) atoms. The summed E-state index contributed by atoms with van der Waals surface area (Å²) in [5.74, 6) is -0.245. The Labute approximate surface area is 70.2 Å². The van der Waals surface area contributed by atoms with Crippen molar-refractivity contribution in [1.29, 1.82) is 0 Å². The van der Waals surface area contributed by atoms with E-state index in [1.165, 1.54) is 25.7 Å². The first kappa shape index (κ1) is 13.1. The molecule has 0 aliphatic carbocycles. The van der Waals surface area contributed by atoms with E-state index in [2.05, 4.69) is 19.6 Å². The average molecular weight is 159 g/mol. The molecule has 0 unspecified atom stereocenters. The Morgan fingerprint density at radius 2 is 1.36 bits per heavy atom. The van der Waals surface area contributed by atoms with Gasteiger partial charge in [-0.2, -0.15) is 0 Å². The van der Waals surface area contributed by atoms with Crippen molar-refractivity contribution in [3.63, 3.8) is 0 Å². The zero-order chi connectivity index (χ0) is 9.11. The van der Waals surface area contributed by atoms with Gasteiger partial charge in [0, 0.05) is 6.42 Å². The van der Waals surface area contributed by atoms with Crippen LogP contribution in [0.4, 0.5) is 0 Å². The van der Waals surface area contributed by atoms with Gasteiger partial charge in [0.1, 0.15) is 0 Å². The van der Waals surface area contributed by atoms with E-state index in [9.17, 15) is 4.79 Å². The molecule has 2 nitrogen and oxygen atoms in total. The Kier molecular flexibility index (Phi) is 14.5. The smallest absolute Gasteiger partial charge is 0.217 e. The maximum atomic E-state index is 9.59. The van der Waals surface area contributed by atoms with Crippen LogP contribution in [0, 0.1) is 0 Å². The maximum absolute atomic E-state index is 9.59. The van der Waals surface area contributed by atoms with Crippen LogP contribution in [0.3, 0.4) is 0 Å². The highest BCUT2D eigenvalue weighted by atomic mass is 16.1. The fourth-order valence-electron chi connectivity index (χ4n) is 0.500. The number of amides is 1. The highest BCUT2D eigenvalue weighted by Gasteiger charge is 1.77. The molecule has 0 aromatic heterocycles. The summed E-state index contributed by atoms with van der Waals surface area (Å²) in [6.07, 6.45) is 5.98. The number of rotatable bonds is 4. The summed E-state index contributed by atoms with van der Waals surface area (Å²) in [7, 11) is 0. The Hall–Kier alpha value is -0.530. The van der Waals surface area contributed by atoms with E-state index in [1.54, 1.807) is 6.92 Å². The molecule has 0 heterocycles. The van der Waals surface area contributed by atoms with E-state index in [-0.39, 0.29) is 5.91 Å². The van der Waals surface area contributed by atoms with Gasteiger partial charge >= 0.3 is 0 Å². The van der Waals surface area contributed by atoms with Crippen LogP contribution in [0.1, 0.15) is 52.9 Å². The lowest BCUT2D eigenvalue weighted by molar-refractivity contribution is -0.117. The first-order valence-electron chi connectivity index (χ1n) is 4.47. The maximum Gasteiger partial charge on any atom is 0.217 e. The third kappa shape index (κ3) is 26.4. The molecule has 0 aromatic rings. The molecular formula is C9H21NO. The second-order valence-corrected chi connectivity index (χ2v) is 2.53. The number of hydrogen-bond donors (Lipinski definition) is 1. The van der Waals surface area contributed by atoms with Crippen molar-refractivity contribution < 1.29 is 4.79 Å². The molecule has 0 aromatic carbocycles. The summed E-state index contributed by atoms with van der Waals surface area (Å²) >= 11 is 0. The molecule has 0 aliphatic rings. The largest absolute Gasteiger partial charge is 0.370 e. The highest BCUT2D eigenvalue weighted by molar-refractivity contribution is 5.73. The molecule has 2 heteroatoms. The fraction of sp³-hybridized carbons (Fsp3) is 0.889. The molecule has 1 amide bonds. The molecule has 0 spiro atoms. The zero-order valence-corrected chi connectivity index (χ0v) is 8.02. The van der Waals surface area contributed by atoms with E-state index in [0.29, 0.717) is 6.42 Å². The third-order valence-corrected chi connectivity index (χ3v) is 1.31. The fourth-order valence-corrected chi connectivity index (χ4v) is 0.500. The second kappa shape index (κ2) is 12.2. The number of nitrogens with two attached hydrogens (primary N) is 1. The van der Waals surface area contributed by atoms with Crippen molar-refractivity contribution in [1.82, 2.24) is 0 Å². The number of primary amides is 1. The van der Waals surface area contributed by atoms with Crippen molar-refractivity contribution in [2.45, 2.75) is 52.9 Å². The van der Waals surface area contributed by atoms with E-state index in [1.807, 2.05) is 0 Å². The quantitative estimate of drug-likeness (QED) is 0.629. The lowest BCUT2D eigenvalue weighted by atomic mass is 10.2. The van der Waals surface area contributed by atoms with E-state index in [0.717, 1.165) is 0 Å². The zero-order valence-electron chi connectivity index (χ0n) is 8.02. The van der Waals surface area contributed by atoms with Crippen LogP contribution in [0.25, 0.3) is 0 Å². The van der Waals surface area contributed by atoms with Crippen LogP contribution in [0.5, 0.6) is 0 Å². The first-order chi connectivity index (χ1) is 5.18. The number of carbonyl (C=O) groups excluding carboxylic acids is 1. The lowest BCUT2D eigenvalue weighted by Gasteiger charge is -1.86. The summed E-state index contributed by atoms with van der Waals surface area (Å²) in [5.41, 5.74) is 4.65. The molecule has 2 N–H and O–H groups in total. The molecule has 0 fully saturated rings. The van der Waals surface area contributed by atoms with Crippen LogP contribution in [0.2, 0.25) is 0 Å². The van der Waals surface area contributed by atoms with Crippen molar-refractivity contribution >= 4 is 5.91 Å². The van der Waals surface area contributed by atoms with E-state index >= 15 is 0 Å². The summed E-state index contributed by atoms with van der Waals surface area (Å²) < 4.78 is 0. The van der Waals surface area contributed by atoms with Gasteiger partial charge in [0.2, 0.25) is 5.91 Å². The van der Waals surface area contributed by atoms with Crippen molar-refractivity contribution in [3.8, 4) is 0 Å². The van der Waals surface area contributed by atoms with Gasteiger partial charge in [-0.15, -0.1) is 0 Å². The molecule has 0 atom stereocenters. The molecule has 0 saturated heterocycles. The molecule has 0 radical (unpaired) electrons. The summed E-state index contributed by atoms with van der Waals surface area (Å²) in [6, 6.07) is 0. The third-order valence-electron chi connectivity index (χ3n) is 1.31. The number of hydrogen-bond acceptors (Lipinski definition) is 1. The van der Waals surface area contributed by atoms with Gasteiger partial charge in [0.15, 0.2) is 0 Å². The minimum Gasteiger partial charge on any atom is -0.370 e. The molecule has 68 valence electrons. The van der Waals surface area contributed by atoms with Crippen LogP contribution < -0.4 is 5.73 Å². The second-order valence-electron chi connectivity index (χ2n) is 2.53. The summed E-state index contributed by atoms with van der Waals surface area (Å²) in [4.78, 5) is 9.59. The highest BCUT2D eigenvalue weighted by Crippen LogP contribution is 1.95. The number of carbonyl (C=O) groups is 1. The van der Waals surface area contributed by atoms with E-state index in [4.69, 9.17) is 0 Å². The molecule has 0 rings (SSSR count). The Morgan fingerprint density at radius 1 is 1.09 bits per heavy atom. The average Bonchev–Trinajstić information content (AvgIpc) is 2.02. The lowest BCUT2D eigenvalue weighted by Crippen LogP contribution is -2.06. The molecular weight excluding hydrogens is 138 g/mol. The predicted molar refractivity (Wildman–Crippen MR) is 49.3 cm³/mol.